The molecule has 0 amide bonds. The number of H-pyrrole nitrogens is 1. The van der Waals surface area contributed by atoms with Crippen LogP contribution in [0, 0.1) is 0 Å². The number of imidazole rings is 1. The number of nitrogens with one attached hydrogen (secondary N) is 1. The summed E-state index contributed by atoms with van der Waals surface area (Å²) in [5.74, 6) is 1.28. The lowest BCUT2D eigenvalue weighted by molar-refractivity contribution is 0.432. The highest BCUT2D eigenvalue weighted by atomic mass is 16.5. The summed E-state index contributed by atoms with van der Waals surface area (Å²) < 4.78 is 5.13. The van der Waals surface area contributed by atoms with Gasteiger partial charge in [0.05, 0.1) is 17.4 Å². The molecule has 3 N–H and O–H groups in total. The standard InChI is InChI=1S/C10H8N6O/c11-7-5-12-2-1-6(7)10-15-9(16-17-10)8-13-3-4-14-8/h1-5H,11H2,(H,13,14). The zero-order valence-electron chi connectivity index (χ0n) is 8.66. The van der Waals surface area contributed by atoms with Gasteiger partial charge in [0.2, 0.25) is 5.82 Å². The Bertz CT molecular complexity index is 630. The third-order valence-electron chi connectivity index (χ3n) is 2.22. The summed E-state index contributed by atoms with van der Waals surface area (Å²) in [6.07, 6.45) is 6.45. The number of anilines is 1. The minimum absolute atomic E-state index is 0.344. The van der Waals surface area contributed by atoms with Crippen molar-refractivity contribution in [3.8, 4) is 23.1 Å². The van der Waals surface area contributed by atoms with Crippen molar-refractivity contribution in [2.45, 2.75) is 0 Å². The Balaban J connectivity index is 2.04. The average Bonchev–Trinajstić information content (AvgIpc) is 3.00. The minimum atomic E-state index is 0.344. The Morgan fingerprint density at radius 2 is 2.24 bits per heavy atom. The lowest BCUT2D eigenvalue weighted by atomic mass is 10.2. The van der Waals surface area contributed by atoms with E-state index in [4.69, 9.17) is 10.3 Å². The van der Waals surface area contributed by atoms with Gasteiger partial charge in [-0.15, -0.1) is 0 Å². The maximum Gasteiger partial charge on any atom is 0.260 e. The first-order valence-corrected chi connectivity index (χ1v) is 4.88. The van der Waals surface area contributed by atoms with Gasteiger partial charge in [0.1, 0.15) is 0 Å². The van der Waals surface area contributed by atoms with E-state index in [0.29, 0.717) is 28.8 Å². The molecule has 0 saturated heterocycles. The molecule has 84 valence electrons. The zero-order chi connectivity index (χ0) is 11.7. The van der Waals surface area contributed by atoms with E-state index in [1.807, 2.05) is 0 Å². The van der Waals surface area contributed by atoms with Crippen LogP contribution in [-0.4, -0.2) is 25.1 Å². The molecule has 0 aliphatic carbocycles. The molecule has 7 nitrogen and oxygen atoms in total. The van der Waals surface area contributed by atoms with Crippen LogP contribution in [0.25, 0.3) is 23.1 Å². The fraction of sp³-hybridized carbons (Fsp3) is 0. The van der Waals surface area contributed by atoms with Gasteiger partial charge in [-0.05, 0) is 6.07 Å². The molecule has 0 spiro atoms. The average molecular weight is 228 g/mol. The quantitative estimate of drug-likeness (QED) is 0.680. The second kappa shape index (κ2) is 3.71. The molecule has 0 fully saturated rings. The third kappa shape index (κ3) is 1.63. The number of aromatic nitrogens is 5. The van der Waals surface area contributed by atoms with Crippen molar-refractivity contribution in [1.29, 1.82) is 0 Å². The van der Waals surface area contributed by atoms with E-state index in [1.165, 1.54) is 6.20 Å². The molecule has 0 bridgehead atoms. The van der Waals surface area contributed by atoms with Crippen LogP contribution in [0.1, 0.15) is 0 Å². The lowest BCUT2D eigenvalue weighted by Gasteiger charge is -1.96. The van der Waals surface area contributed by atoms with Crippen LogP contribution in [0.15, 0.2) is 35.4 Å². The van der Waals surface area contributed by atoms with E-state index >= 15 is 0 Å². The Morgan fingerprint density at radius 1 is 1.29 bits per heavy atom. The van der Waals surface area contributed by atoms with Gasteiger partial charge in [-0.25, -0.2) is 4.98 Å². The molecular weight excluding hydrogens is 220 g/mol. The van der Waals surface area contributed by atoms with E-state index < -0.39 is 0 Å². The summed E-state index contributed by atoms with van der Waals surface area (Å²) in [5.41, 5.74) is 6.91. The highest BCUT2D eigenvalue weighted by molar-refractivity contribution is 5.69. The Hall–Kier alpha value is -2.70. The molecule has 3 heterocycles. The number of rotatable bonds is 2. The van der Waals surface area contributed by atoms with Crippen LogP contribution in [0.4, 0.5) is 5.69 Å². The molecule has 3 aromatic heterocycles. The maximum absolute atomic E-state index is 5.77. The molecular formula is C10H8N6O. The Kier molecular flexibility index (Phi) is 2.08. The number of hydrogen-bond donors (Lipinski definition) is 2. The summed E-state index contributed by atoms with van der Waals surface area (Å²) in [6.45, 7) is 0. The molecule has 3 rings (SSSR count). The fourth-order valence-electron chi connectivity index (χ4n) is 1.42. The molecule has 0 saturated carbocycles. The number of hydrogen-bond acceptors (Lipinski definition) is 6. The normalized spacial score (nSPS) is 10.6. The van der Waals surface area contributed by atoms with E-state index in [0.717, 1.165) is 0 Å². The van der Waals surface area contributed by atoms with Crippen molar-refractivity contribution < 1.29 is 4.52 Å². The van der Waals surface area contributed by atoms with Crippen molar-refractivity contribution in [1.82, 2.24) is 25.1 Å². The number of aromatic amines is 1. The van der Waals surface area contributed by atoms with E-state index in [-0.39, 0.29) is 0 Å². The first-order chi connectivity index (χ1) is 8.34. The molecule has 0 aliphatic heterocycles. The summed E-state index contributed by atoms with van der Waals surface area (Å²) in [5, 5.41) is 3.82. The van der Waals surface area contributed by atoms with E-state index in [1.54, 1.807) is 24.7 Å². The second-order valence-electron chi connectivity index (χ2n) is 3.32. The van der Waals surface area contributed by atoms with Crippen molar-refractivity contribution >= 4 is 5.69 Å². The van der Waals surface area contributed by atoms with Crippen molar-refractivity contribution in [3.63, 3.8) is 0 Å². The molecule has 0 atom stereocenters. The molecule has 0 radical (unpaired) electrons. The molecule has 3 aromatic rings. The van der Waals surface area contributed by atoms with Gasteiger partial charge in [0, 0.05) is 18.6 Å². The highest BCUT2D eigenvalue weighted by Gasteiger charge is 2.13. The molecule has 7 heteroatoms. The SMILES string of the molecule is Nc1cnccc1-c1nc(-c2ncc[nH]2)no1. The van der Waals surface area contributed by atoms with Gasteiger partial charge in [-0.2, -0.15) is 4.98 Å². The van der Waals surface area contributed by atoms with Crippen LogP contribution in [-0.2, 0) is 0 Å². The second-order valence-corrected chi connectivity index (χ2v) is 3.32. The predicted molar refractivity (Wildman–Crippen MR) is 59.5 cm³/mol. The van der Waals surface area contributed by atoms with Crippen LogP contribution < -0.4 is 5.73 Å². The minimum Gasteiger partial charge on any atom is -0.397 e. The first-order valence-electron chi connectivity index (χ1n) is 4.88. The fourth-order valence-corrected chi connectivity index (χ4v) is 1.42. The highest BCUT2D eigenvalue weighted by Crippen LogP contribution is 2.24. The largest absolute Gasteiger partial charge is 0.397 e. The Morgan fingerprint density at radius 3 is 3.00 bits per heavy atom. The van der Waals surface area contributed by atoms with Gasteiger partial charge in [0.15, 0.2) is 5.82 Å². The van der Waals surface area contributed by atoms with Crippen LogP contribution in [0.3, 0.4) is 0 Å². The topological polar surface area (TPSA) is 107 Å². The lowest BCUT2D eigenvalue weighted by Crippen LogP contribution is -1.91. The number of nitrogen functional groups attached to an aromatic ring is 1. The molecule has 0 unspecified atom stereocenters. The van der Waals surface area contributed by atoms with Crippen LogP contribution in [0.5, 0.6) is 0 Å². The van der Waals surface area contributed by atoms with Gasteiger partial charge in [-0.1, -0.05) is 5.16 Å². The van der Waals surface area contributed by atoms with Gasteiger partial charge < -0.3 is 15.2 Å². The molecule has 0 aromatic carbocycles. The maximum atomic E-state index is 5.77. The number of nitrogens with zero attached hydrogens (tertiary/aromatic N) is 4. The summed E-state index contributed by atoms with van der Waals surface area (Å²) in [6, 6.07) is 1.72. The van der Waals surface area contributed by atoms with E-state index in [2.05, 4.69) is 25.1 Å². The van der Waals surface area contributed by atoms with Crippen molar-refractivity contribution in [3.05, 3.63) is 30.9 Å². The van der Waals surface area contributed by atoms with Gasteiger partial charge in [-0.3, -0.25) is 4.98 Å². The zero-order valence-corrected chi connectivity index (χ0v) is 8.66. The summed E-state index contributed by atoms with van der Waals surface area (Å²) >= 11 is 0. The molecule has 0 aliphatic rings. The van der Waals surface area contributed by atoms with Gasteiger partial charge >= 0.3 is 0 Å². The smallest absolute Gasteiger partial charge is 0.260 e. The van der Waals surface area contributed by atoms with Crippen LogP contribution >= 0.6 is 0 Å². The summed E-state index contributed by atoms with van der Waals surface area (Å²) in [7, 11) is 0. The summed E-state index contributed by atoms with van der Waals surface area (Å²) in [4.78, 5) is 15.0. The van der Waals surface area contributed by atoms with Crippen molar-refractivity contribution in [2.24, 2.45) is 0 Å². The Labute approximate surface area is 95.7 Å². The van der Waals surface area contributed by atoms with Gasteiger partial charge in [0.25, 0.3) is 5.89 Å². The number of pyridine rings is 1. The van der Waals surface area contributed by atoms with Crippen LogP contribution in [0.2, 0.25) is 0 Å². The molecule has 17 heavy (non-hydrogen) atoms. The monoisotopic (exact) mass is 228 g/mol. The first kappa shape index (κ1) is 9.52. The van der Waals surface area contributed by atoms with E-state index in [9.17, 15) is 0 Å². The number of nitrogens with two attached hydrogens (primary N) is 1. The predicted octanol–water partition coefficient (Wildman–Crippen LogP) is 1.10. The third-order valence-corrected chi connectivity index (χ3v) is 2.22. The van der Waals surface area contributed by atoms with Crippen molar-refractivity contribution in [2.75, 3.05) is 5.73 Å².